The highest BCUT2D eigenvalue weighted by Crippen LogP contribution is 2.08. The number of nitrogens with one attached hydrogen (secondary N) is 1. The van der Waals surface area contributed by atoms with E-state index in [0.717, 1.165) is 56.8 Å². The number of nitrogens with zero attached hydrogens (tertiary/aromatic N) is 3. The third-order valence-electron chi connectivity index (χ3n) is 3.17. The molecule has 0 spiro atoms. The molecule has 0 bridgehead atoms. The minimum atomic E-state index is 0.737. The number of morpholine rings is 1. The standard InChI is InChI=1S/C16H24N4O/c1-3-9-17-14(2)18-16(20-10-12-21-13-11-20)19-15-7-5-4-6-8-15/h4-8H,3,9-13H2,1-2H3,(H,17,18,19). The fraction of sp³-hybridized carbons (Fsp3) is 0.500. The first-order valence-corrected chi connectivity index (χ1v) is 7.54. The number of anilines is 1. The van der Waals surface area contributed by atoms with Gasteiger partial charge < -0.3 is 15.0 Å². The highest BCUT2D eigenvalue weighted by molar-refractivity contribution is 6.01. The second-order valence-electron chi connectivity index (χ2n) is 4.95. The van der Waals surface area contributed by atoms with Crippen LogP contribution < -0.4 is 5.32 Å². The molecule has 0 saturated carbocycles. The molecule has 1 aliphatic heterocycles. The molecule has 0 aromatic heterocycles. The van der Waals surface area contributed by atoms with Crippen molar-refractivity contribution in [3.05, 3.63) is 30.3 Å². The van der Waals surface area contributed by atoms with Crippen LogP contribution in [0.3, 0.4) is 0 Å². The summed E-state index contributed by atoms with van der Waals surface area (Å²) in [5.74, 6) is 1.66. The van der Waals surface area contributed by atoms with E-state index in [9.17, 15) is 0 Å². The van der Waals surface area contributed by atoms with E-state index in [1.807, 2.05) is 37.3 Å². The average molecular weight is 288 g/mol. The van der Waals surface area contributed by atoms with Gasteiger partial charge in [0.05, 0.1) is 13.2 Å². The highest BCUT2D eigenvalue weighted by atomic mass is 16.5. The van der Waals surface area contributed by atoms with Gasteiger partial charge in [-0.15, -0.1) is 0 Å². The molecule has 1 aromatic rings. The quantitative estimate of drug-likeness (QED) is 0.687. The van der Waals surface area contributed by atoms with Gasteiger partial charge >= 0.3 is 0 Å². The van der Waals surface area contributed by atoms with Crippen LogP contribution in [0.15, 0.2) is 40.3 Å². The lowest BCUT2D eigenvalue weighted by atomic mass is 10.3. The van der Waals surface area contributed by atoms with Crippen molar-refractivity contribution in [2.24, 2.45) is 9.98 Å². The van der Waals surface area contributed by atoms with Gasteiger partial charge in [0.15, 0.2) is 0 Å². The van der Waals surface area contributed by atoms with E-state index in [1.54, 1.807) is 0 Å². The Morgan fingerprint density at radius 3 is 2.62 bits per heavy atom. The lowest BCUT2D eigenvalue weighted by Crippen LogP contribution is -2.44. The molecule has 114 valence electrons. The Bertz CT molecular complexity index is 478. The van der Waals surface area contributed by atoms with Crippen molar-refractivity contribution in [2.75, 3.05) is 38.2 Å². The number of benzene rings is 1. The summed E-state index contributed by atoms with van der Waals surface area (Å²) in [5.41, 5.74) is 1.03. The summed E-state index contributed by atoms with van der Waals surface area (Å²) in [6.07, 6.45) is 1.03. The van der Waals surface area contributed by atoms with Crippen molar-refractivity contribution in [3.63, 3.8) is 0 Å². The Morgan fingerprint density at radius 2 is 1.95 bits per heavy atom. The zero-order valence-electron chi connectivity index (χ0n) is 12.9. The number of aliphatic imine (C=N–C) groups is 2. The molecule has 21 heavy (non-hydrogen) atoms. The van der Waals surface area contributed by atoms with Crippen LogP contribution in [-0.4, -0.2) is 49.5 Å². The maximum absolute atomic E-state index is 5.42. The Kier molecular flexibility index (Phi) is 6.22. The maximum Gasteiger partial charge on any atom is 0.205 e. The van der Waals surface area contributed by atoms with E-state index in [0.29, 0.717) is 0 Å². The smallest absolute Gasteiger partial charge is 0.205 e. The van der Waals surface area contributed by atoms with Crippen molar-refractivity contribution in [2.45, 2.75) is 20.3 Å². The Hall–Kier alpha value is -1.88. The first-order valence-electron chi connectivity index (χ1n) is 7.54. The van der Waals surface area contributed by atoms with Gasteiger partial charge in [-0.3, -0.25) is 4.99 Å². The minimum Gasteiger partial charge on any atom is -0.378 e. The molecule has 1 aromatic carbocycles. The van der Waals surface area contributed by atoms with Crippen LogP contribution in [0, 0.1) is 0 Å². The van der Waals surface area contributed by atoms with Crippen molar-refractivity contribution in [1.82, 2.24) is 4.90 Å². The first kappa shape index (κ1) is 15.5. The van der Waals surface area contributed by atoms with Crippen LogP contribution >= 0.6 is 0 Å². The third kappa shape index (κ3) is 5.19. The second-order valence-corrected chi connectivity index (χ2v) is 4.95. The lowest BCUT2D eigenvalue weighted by Gasteiger charge is -2.30. The van der Waals surface area contributed by atoms with E-state index >= 15 is 0 Å². The lowest BCUT2D eigenvalue weighted by molar-refractivity contribution is 0.0681. The van der Waals surface area contributed by atoms with Crippen molar-refractivity contribution in [1.29, 1.82) is 0 Å². The largest absolute Gasteiger partial charge is 0.378 e. The zero-order valence-corrected chi connectivity index (χ0v) is 12.9. The summed E-state index contributed by atoms with van der Waals surface area (Å²) in [6.45, 7) is 8.05. The third-order valence-corrected chi connectivity index (χ3v) is 3.17. The highest BCUT2D eigenvalue weighted by Gasteiger charge is 2.15. The molecule has 1 saturated heterocycles. The van der Waals surface area contributed by atoms with Crippen LogP contribution in [0.1, 0.15) is 20.3 Å². The average Bonchev–Trinajstić information content (AvgIpc) is 2.54. The van der Waals surface area contributed by atoms with Gasteiger partial charge in [0.1, 0.15) is 5.84 Å². The fourth-order valence-corrected chi connectivity index (χ4v) is 2.07. The molecule has 5 nitrogen and oxygen atoms in total. The molecule has 1 heterocycles. The van der Waals surface area contributed by atoms with Crippen molar-refractivity contribution < 1.29 is 4.74 Å². The molecule has 0 amide bonds. The Labute approximate surface area is 126 Å². The van der Waals surface area contributed by atoms with Crippen LogP contribution in [0.2, 0.25) is 0 Å². The van der Waals surface area contributed by atoms with Gasteiger partial charge in [0, 0.05) is 25.3 Å². The van der Waals surface area contributed by atoms with E-state index in [2.05, 4.69) is 27.1 Å². The number of rotatable bonds is 3. The summed E-state index contributed by atoms with van der Waals surface area (Å²) < 4.78 is 5.42. The summed E-state index contributed by atoms with van der Waals surface area (Å²) >= 11 is 0. The SMILES string of the molecule is CCCN=C(C)N=C(Nc1ccccc1)N1CCOCC1. The molecule has 5 heteroatoms. The first-order chi connectivity index (χ1) is 10.3. The summed E-state index contributed by atoms with van der Waals surface area (Å²) in [5, 5.41) is 3.40. The molecule has 1 aliphatic rings. The predicted molar refractivity (Wildman–Crippen MR) is 88.2 cm³/mol. The minimum absolute atomic E-state index is 0.737. The number of amidine groups is 1. The van der Waals surface area contributed by atoms with Gasteiger partial charge in [0.25, 0.3) is 0 Å². The monoisotopic (exact) mass is 288 g/mol. The van der Waals surface area contributed by atoms with E-state index in [4.69, 9.17) is 4.74 Å². The summed E-state index contributed by atoms with van der Waals surface area (Å²) in [7, 11) is 0. The van der Waals surface area contributed by atoms with Crippen LogP contribution in [-0.2, 0) is 4.74 Å². The number of hydrogen-bond acceptors (Lipinski definition) is 2. The Balaban J connectivity index is 2.15. The van der Waals surface area contributed by atoms with E-state index in [-0.39, 0.29) is 0 Å². The summed E-state index contributed by atoms with van der Waals surface area (Å²) in [4.78, 5) is 11.3. The molecule has 0 aliphatic carbocycles. The number of para-hydroxylation sites is 1. The molecule has 0 radical (unpaired) electrons. The van der Waals surface area contributed by atoms with Crippen LogP contribution in [0.25, 0.3) is 0 Å². The van der Waals surface area contributed by atoms with Crippen molar-refractivity contribution >= 4 is 17.5 Å². The van der Waals surface area contributed by atoms with Crippen LogP contribution in [0.4, 0.5) is 5.69 Å². The molecule has 0 atom stereocenters. The normalized spacial score (nSPS) is 17.0. The van der Waals surface area contributed by atoms with Gasteiger partial charge in [0.2, 0.25) is 5.96 Å². The predicted octanol–water partition coefficient (Wildman–Crippen LogP) is 2.62. The van der Waals surface area contributed by atoms with Gasteiger partial charge in [-0.05, 0) is 25.5 Å². The Morgan fingerprint density at radius 1 is 1.24 bits per heavy atom. The maximum atomic E-state index is 5.42. The van der Waals surface area contributed by atoms with Gasteiger partial charge in [-0.2, -0.15) is 0 Å². The summed E-state index contributed by atoms with van der Waals surface area (Å²) in [6, 6.07) is 10.1. The molecule has 1 N–H and O–H groups in total. The number of guanidine groups is 1. The topological polar surface area (TPSA) is 49.2 Å². The molecular weight excluding hydrogens is 264 g/mol. The van der Waals surface area contributed by atoms with Crippen molar-refractivity contribution in [3.8, 4) is 0 Å². The number of hydrogen-bond donors (Lipinski definition) is 1. The van der Waals surface area contributed by atoms with E-state index in [1.165, 1.54) is 0 Å². The molecular formula is C16H24N4O. The van der Waals surface area contributed by atoms with E-state index < -0.39 is 0 Å². The molecule has 0 unspecified atom stereocenters. The molecule has 2 rings (SSSR count). The van der Waals surface area contributed by atoms with Gasteiger partial charge in [-0.25, -0.2) is 4.99 Å². The zero-order chi connectivity index (χ0) is 14.9. The van der Waals surface area contributed by atoms with Crippen LogP contribution in [0.5, 0.6) is 0 Å². The van der Waals surface area contributed by atoms with Gasteiger partial charge in [-0.1, -0.05) is 25.1 Å². The molecule has 1 fully saturated rings. The second kappa shape index (κ2) is 8.42. The fourth-order valence-electron chi connectivity index (χ4n) is 2.07. The number of ether oxygens (including phenoxy) is 1.